The van der Waals surface area contributed by atoms with Gasteiger partial charge in [-0.15, -0.1) is 12.4 Å². The molecule has 0 spiro atoms. The molecule has 0 radical (unpaired) electrons. The third-order valence-electron chi connectivity index (χ3n) is 2.73. The van der Waals surface area contributed by atoms with Crippen LogP contribution < -0.4 is 5.73 Å². The standard InChI is InChI=1S/C12H16BrClN2O.ClH/c1-3-16(4-2)7-9-5-8(12(14)17)6-10(13)11(9)15;/h5-6H,3-4,7,15H2,1-2H3;1H. The average molecular weight is 356 g/mol. The largest absolute Gasteiger partial charge is 0.398 e. The number of carbonyl (C=O) groups excluding carboxylic acids is 1. The minimum Gasteiger partial charge on any atom is -0.398 e. The van der Waals surface area contributed by atoms with Gasteiger partial charge in [0.15, 0.2) is 0 Å². The second-order valence-electron chi connectivity index (χ2n) is 3.77. The molecule has 2 N–H and O–H groups in total. The fourth-order valence-electron chi connectivity index (χ4n) is 1.61. The van der Waals surface area contributed by atoms with E-state index in [-0.39, 0.29) is 12.4 Å². The number of hydrogen-bond acceptors (Lipinski definition) is 3. The number of hydrogen-bond donors (Lipinski definition) is 1. The van der Waals surface area contributed by atoms with Crippen molar-refractivity contribution < 1.29 is 4.79 Å². The fourth-order valence-corrected chi connectivity index (χ4v) is 2.22. The molecule has 0 fully saturated rings. The molecule has 3 nitrogen and oxygen atoms in total. The number of nitrogen functional groups attached to an aromatic ring is 1. The Bertz CT molecular complexity index is 423. The van der Waals surface area contributed by atoms with Crippen molar-refractivity contribution in [3.05, 3.63) is 27.7 Å². The van der Waals surface area contributed by atoms with Crippen molar-refractivity contribution in [2.75, 3.05) is 18.8 Å². The molecule has 0 aliphatic heterocycles. The van der Waals surface area contributed by atoms with Gasteiger partial charge in [0.2, 0.25) is 0 Å². The van der Waals surface area contributed by atoms with Crippen LogP contribution in [-0.4, -0.2) is 23.2 Å². The van der Waals surface area contributed by atoms with Gasteiger partial charge in [0, 0.05) is 16.6 Å². The molecule has 0 amide bonds. The van der Waals surface area contributed by atoms with Gasteiger partial charge in [0.1, 0.15) is 0 Å². The first kappa shape index (κ1) is 17.7. The summed E-state index contributed by atoms with van der Waals surface area (Å²) in [6.07, 6.45) is 0. The zero-order valence-electron chi connectivity index (χ0n) is 10.4. The first-order valence-corrected chi connectivity index (χ1v) is 6.66. The SMILES string of the molecule is CCN(CC)Cc1cc(C(=O)Cl)cc(Br)c1N.Cl. The van der Waals surface area contributed by atoms with Crippen molar-refractivity contribution in [3.63, 3.8) is 0 Å². The van der Waals surface area contributed by atoms with E-state index in [1.54, 1.807) is 12.1 Å². The van der Waals surface area contributed by atoms with Crippen LogP contribution in [0.2, 0.25) is 0 Å². The number of carbonyl (C=O) groups is 1. The van der Waals surface area contributed by atoms with Crippen molar-refractivity contribution >= 4 is 50.9 Å². The van der Waals surface area contributed by atoms with E-state index < -0.39 is 5.24 Å². The van der Waals surface area contributed by atoms with E-state index in [9.17, 15) is 4.79 Å². The highest BCUT2D eigenvalue weighted by Gasteiger charge is 2.12. The van der Waals surface area contributed by atoms with Crippen molar-refractivity contribution in [1.29, 1.82) is 0 Å². The van der Waals surface area contributed by atoms with Gasteiger partial charge in [-0.3, -0.25) is 9.69 Å². The van der Waals surface area contributed by atoms with Gasteiger partial charge in [-0.2, -0.15) is 0 Å². The zero-order valence-corrected chi connectivity index (χ0v) is 13.5. The number of rotatable bonds is 5. The zero-order chi connectivity index (χ0) is 13.0. The number of anilines is 1. The molecular weight excluding hydrogens is 339 g/mol. The van der Waals surface area contributed by atoms with Crippen LogP contribution in [0.15, 0.2) is 16.6 Å². The molecule has 0 aromatic heterocycles. The van der Waals surface area contributed by atoms with Crippen LogP contribution in [-0.2, 0) is 6.54 Å². The number of benzene rings is 1. The van der Waals surface area contributed by atoms with Gasteiger partial charge in [0.25, 0.3) is 5.24 Å². The van der Waals surface area contributed by atoms with Gasteiger partial charge >= 0.3 is 0 Å². The van der Waals surface area contributed by atoms with Crippen molar-refractivity contribution in [2.45, 2.75) is 20.4 Å². The first-order valence-electron chi connectivity index (χ1n) is 5.49. The Morgan fingerprint density at radius 1 is 1.39 bits per heavy atom. The smallest absolute Gasteiger partial charge is 0.252 e. The molecule has 1 aromatic rings. The molecule has 1 rings (SSSR count). The van der Waals surface area contributed by atoms with E-state index in [2.05, 4.69) is 34.7 Å². The second-order valence-corrected chi connectivity index (χ2v) is 4.96. The number of nitrogens with zero attached hydrogens (tertiary/aromatic N) is 1. The Kier molecular flexibility index (Phi) is 7.87. The third kappa shape index (κ3) is 4.43. The maximum atomic E-state index is 11.2. The van der Waals surface area contributed by atoms with E-state index in [4.69, 9.17) is 17.3 Å². The summed E-state index contributed by atoms with van der Waals surface area (Å²) in [6.45, 7) is 6.77. The minimum atomic E-state index is -0.466. The molecule has 0 aliphatic carbocycles. The van der Waals surface area contributed by atoms with Crippen molar-refractivity contribution in [2.24, 2.45) is 0 Å². The van der Waals surface area contributed by atoms with E-state index in [0.29, 0.717) is 15.7 Å². The average Bonchev–Trinajstić information content (AvgIpc) is 2.30. The lowest BCUT2D eigenvalue weighted by Gasteiger charge is -2.20. The molecule has 0 unspecified atom stereocenters. The van der Waals surface area contributed by atoms with Crippen LogP contribution >= 0.6 is 39.9 Å². The van der Waals surface area contributed by atoms with Crippen molar-refractivity contribution in [1.82, 2.24) is 4.90 Å². The second kappa shape index (κ2) is 8.00. The maximum Gasteiger partial charge on any atom is 0.252 e. The molecule has 102 valence electrons. The summed E-state index contributed by atoms with van der Waals surface area (Å²) in [4.78, 5) is 13.4. The molecule has 0 aliphatic rings. The molecule has 0 heterocycles. The summed E-state index contributed by atoms with van der Waals surface area (Å²) in [7, 11) is 0. The Balaban J connectivity index is 0.00000289. The predicted molar refractivity (Wildman–Crippen MR) is 82.6 cm³/mol. The summed E-state index contributed by atoms with van der Waals surface area (Å²) in [5, 5.41) is -0.466. The summed E-state index contributed by atoms with van der Waals surface area (Å²) in [6, 6.07) is 3.41. The lowest BCUT2D eigenvalue weighted by Crippen LogP contribution is -2.23. The summed E-state index contributed by atoms with van der Waals surface area (Å²) < 4.78 is 0.714. The quantitative estimate of drug-likeness (QED) is 0.647. The number of nitrogens with two attached hydrogens (primary N) is 1. The van der Waals surface area contributed by atoms with Gasteiger partial charge in [0.05, 0.1) is 5.69 Å². The molecular formula is C12H17BrCl2N2O. The maximum absolute atomic E-state index is 11.2. The van der Waals surface area contributed by atoms with E-state index in [0.717, 1.165) is 25.2 Å². The summed E-state index contributed by atoms with van der Waals surface area (Å²) in [5.41, 5.74) is 8.04. The topological polar surface area (TPSA) is 46.3 Å². The van der Waals surface area contributed by atoms with E-state index in [1.165, 1.54) is 0 Å². The highest BCUT2D eigenvalue weighted by molar-refractivity contribution is 9.10. The molecule has 18 heavy (non-hydrogen) atoms. The highest BCUT2D eigenvalue weighted by Crippen LogP contribution is 2.27. The van der Waals surface area contributed by atoms with Gasteiger partial charge in [-0.1, -0.05) is 13.8 Å². The molecule has 0 bridgehead atoms. The lowest BCUT2D eigenvalue weighted by atomic mass is 10.1. The number of halogens is 3. The van der Waals surface area contributed by atoms with Crippen LogP contribution in [0.5, 0.6) is 0 Å². The summed E-state index contributed by atoms with van der Waals surface area (Å²) >= 11 is 8.83. The van der Waals surface area contributed by atoms with Gasteiger partial charge in [-0.05, 0) is 58.3 Å². The molecule has 1 aromatic carbocycles. The predicted octanol–water partition coefficient (Wildman–Crippen LogP) is 3.67. The molecule has 0 saturated carbocycles. The lowest BCUT2D eigenvalue weighted by molar-refractivity contribution is 0.108. The van der Waals surface area contributed by atoms with Crippen LogP contribution in [0.3, 0.4) is 0 Å². The minimum absolute atomic E-state index is 0. The van der Waals surface area contributed by atoms with Crippen LogP contribution in [0, 0.1) is 0 Å². The Morgan fingerprint density at radius 2 is 1.94 bits per heavy atom. The Hall–Kier alpha value is -0.290. The van der Waals surface area contributed by atoms with Gasteiger partial charge in [-0.25, -0.2) is 0 Å². The molecule has 0 saturated heterocycles. The molecule has 6 heteroatoms. The monoisotopic (exact) mass is 354 g/mol. The summed E-state index contributed by atoms with van der Waals surface area (Å²) in [5.74, 6) is 0. The normalized spacial score (nSPS) is 10.3. The van der Waals surface area contributed by atoms with Crippen LogP contribution in [0.25, 0.3) is 0 Å². The Labute approximate surface area is 127 Å². The van der Waals surface area contributed by atoms with Crippen LogP contribution in [0.1, 0.15) is 29.8 Å². The van der Waals surface area contributed by atoms with Crippen molar-refractivity contribution in [3.8, 4) is 0 Å². The highest BCUT2D eigenvalue weighted by atomic mass is 79.9. The first-order chi connectivity index (χ1) is 7.99. The Morgan fingerprint density at radius 3 is 2.39 bits per heavy atom. The van der Waals surface area contributed by atoms with E-state index >= 15 is 0 Å². The third-order valence-corrected chi connectivity index (χ3v) is 3.60. The van der Waals surface area contributed by atoms with Gasteiger partial charge < -0.3 is 5.73 Å². The van der Waals surface area contributed by atoms with Crippen LogP contribution in [0.4, 0.5) is 5.69 Å². The van der Waals surface area contributed by atoms with E-state index in [1.807, 2.05) is 0 Å². The fraction of sp³-hybridized carbons (Fsp3) is 0.417. The molecule has 0 atom stereocenters.